The summed E-state index contributed by atoms with van der Waals surface area (Å²) in [5, 5.41) is 0.645. The second kappa shape index (κ2) is 12.3. The predicted octanol–water partition coefficient (Wildman–Crippen LogP) is 6.54. The van der Waals surface area contributed by atoms with E-state index >= 15 is 0 Å². The first kappa shape index (κ1) is 27.2. The Balaban J connectivity index is 1.15. The van der Waals surface area contributed by atoms with Crippen LogP contribution in [0.25, 0.3) is 10.9 Å². The average molecular weight is 555 g/mol. The van der Waals surface area contributed by atoms with Crippen LogP contribution >= 0.6 is 0 Å². The molecule has 4 aromatic rings. The summed E-state index contributed by atoms with van der Waals surface area (Å²) in [5.41, 5.74) is 5.65. The number of rotatable bonds is 8. The molecule has 1 saturated heterocycles. The molecule has 7 heteroatoms. The van der Waals surface area contributed by atoms with Crippen molar-refractivity contribution in [1.82, 2.24) is 9.88 Å². The topological polar surface area (TPSA) is 60.9 Å². The van der Waals surface area contributed by atoms with Gasteiger partial charge in [0.15, 0.2) is 0 Å². The van der Waals surface area contributed by atoms with E-state index in [-0.39, 0.29) is 18.3 Å². The molecule has 0 radical (unpaired) electrons. The molecule has 2 aliphatic heterocycles. The first-order chi connectivity index (χ1) is 20.0. The third-order valence-electron chi connectivity index (χ3n) is 8.18. The zero-order chi connectivity index (χ0) is 28.2. The van der Waals surface area contributed by atoms with Crippen molar-refractivity contribution < 1.29 is 23.4 Å². The van der Waals surface area contributed by atoms with Gasteiger partial charge in [-0.3, -0.25) is 4.79 Å². The molecule has 3 aromatic carbocycles. The van der Waals surface area contributed by atoms with Gasteiger partial charge in [-0.05, 0) is 79.1 Å². The van der Waals surface area contributed by atoms with Crippen molar-refractivity contribution >= 4 is 16.8 Å². The molecule has 1 amide bonds. The molecule has 41 heavy (non-hydrogen) atoms. The zero-order valence-corrected chi connectivity index (χ0v) is 23.4. The maximum atomic E-state index is 14.2. The number of carbonyl (C=O) groups excluding carboxylic acids is 1. The number of ether oxygens (including phenoxy) is 3. The molecule has 6 rings (SSSR count). The Morgan fingerprint density at radius 2 is 1.83 bits per heavy atom. The lowest BCUT2D eigenvalue weighted by molar-refractivity contribution is -0.133. The molecule has 0 spiro atoms. The van der Waals surface area contributed by atoms with Gasteiger partial charge >= 0.3 is 0 Å². The third kappa shape index (κ3) is 6.35. The van der Waals surface area contributed by atoms with Gasteiger partial charge in [-0.25, -0.2) is 9.37 Å². The van der Waals surface area contributed by atoms with Crippen molar-refractivity contribution in [1.29, 1.82) is 0 Å². The highest BCUT2D eigenvalue weighted by molar-refractivity contribution is 5.86. The van der Waals surface area contributed by atoms with Gasteiger partial charge in [-0.2, -0.15) is 0 Å². The largest absolute Gasteiger partial charge is 0.488 e. The van der Waals surface area contributed by atoms with Gasteiger partial charge in [0, 0.05) is 43.7 Å². The van der Waals surface area contributed by atoms with Crippen LogP contribution in [-0.4, -0.2) is 35.5 Å². The van der Waals surface area contributed by atoms with E-state index in [2.05, 4.69) is 12.1 Å². The minimum absolute atomic E-state index is 0.242. The number of nitrogens with zero attached hydrogens (tertiary/aromatic N) is 2. The van der Waals surface area contributed by atoms with Crippen LogP contribution in [0.5, 0.6) is 11.5 Å². The zero-order valence-electron chi connectivity index (χ0n) is 23.4. The van der Waals surface area contributed by atoms with Crippen LogP contribution in [-0.2, 0) is 35.7 Å². The van der Waals surface area contributed by atoms with E-state index in [0.29, 0.717) is 42.1 Å². The first-order valence-electron chi connectivity index (χ1n) is 14.4. The SMILES string of the molecule is Cc1c(COc2ccc3c(c2)CCN(C(=O)CC2CCOCC2)C3)nc2ccc(F)cc2c1OCc1ccccc1. The molecule has 1 fully saturated rings. The molecule has 0 unspecified atom stereocenters. The number of amides is 1. The molecule has 6 nitrogen and oxygen atoms in total. The van der Waals surface area contributed by atoms with Crippen LogP contribution in [0.2, 0.25) is 0 Å². The van der Waals surface area contributed by atoms with Gasteiger partial charge in [-0.1, -0.05) is 36.4 Å². The van der Waals surface area contributed by atoms with E-state index in [1.807, 2.05) is 48.2 Å². The Labute approximate surface area is 240 Å². The molecule has 0 saturated carbocycles. The van der Waals surface area contributed by atoms with Crippen LogP contribution in [0, 0.1) is 18.7 Å². The summed E-state index contributed by atoms with van der Waals surface area (Å²) in [7, 11) is 0. The molecule has 1 aromatic heterocycles. The minimum Gasteiger partial charge on any atom is -0.488 e. The number of hydrogen-bond donors (Lipinski definition) is 0. The van der Waals surface area contributed by atoms with Crippen molar-refractivity contribution in [3.8, 4) is 11.5 Å². The highest BCUT2D eigenvalue weighted by Crippen LogP contribution is 2.33. The summed E-state index contributed by atoms with van der Waals surface area (Å²) < 4.78 is 32.0. The summed E-state index contributed by atoms with van der Waals surface area (Å²) in [5.74, 6) is 1.73. The number of benzene rings is 3. The van der Waals surface area contributed by atoms with Crippen LogP contribution in [0.4, 0.5) is 4.39 Å². The fourth-order valence-corrected chi connectivity index (χ4v) is 5.72. The molecule has 0 aliphatic carbocycles. The second-order valence-corrected chi connectivity index (χ2v) is 11.0. The summed E-state index contributed by atoms with van der Waals surface area (Å²) in [6.45, 7) is 5.46. The van der Waals surface area contributed by atoms with E-state index in [1.54, 1.807) is 6.07 Å². The van der Waals surface area contributed by atoms with E-state index in [4.69, 9.17) is 19.2 Å². The number of aromatic nitrogens is 1. The maximum absolute atomic E-state index is 14.2. The summed E-state index contributed by atoms with van der Waals surface area (Å²) >= 11 is 0. The number of halogens is 1. The molecular weight excluding hydrogens is 519 g/mol. The Hall–Kier alpha value is -3.97. The Morgan fingerprint density at radius 1 is 1.00 bits per heavy atom. The molecule has 0 bridgehead atoms. The standard InChI is InChI=1S/C34H35FN2O4/c1-23-32(36-31-10-8-28(35)19-30(31)34(23)41-21-25-5-3-2-4-6-25)22-40-29-9-7-27-20-37(14-11-26(27)18-29)33(38)17-24-12-15-39-16-13-24/h2-10,18-19,24H,11-17,20-22H2,1H3. The van der Waals surface area contributed by atoms with E-state index < -0.39 is 0 Å². The fourth-order valence-electron chi connectivity index (χ4n) is 5.72. The van der Waals surface area contributed by atoms with Gasteiger partial charge in [0.1, 0.15) is 30.5 Å². The maximum Gasteiger partial charge on any atom is 0.223 e. The second-order valence-electron chi connectivity index (χ2n) is 11.0. The average Bonchev–Trinajstić information content (AvgIpc) is 3.00. The monoisotopic (exact) mass is 554 g/mol. The predicted molar refractivity (Wildman–Crippen MR) is 155 cm³/mol. The van der Waals surface area contributed by atoms with Gasteiger partial charge in [-0.15, -0.1) is 0 Å². The lowest BCUT2D eigenvalue weighted by atomic mass is 9.94. The van der Waals surface area contributed by atoms with E-state index in [9.17, 15) is 9.18 Å². The summed E-state index contributed by atoms with van der Waals surface area (Å²) in [4.78, 5) is 19.7. The van der Waals surface area contributed by atoms with Gasteiger partial charge in [0.05, 0.1) is 11.2 Å². The molecule has 3 heterocycles. The number of fused-ring (bicyclic) bond motifs is 2. The van der Waals surface area contributed by atoms with Crippen LogP contribution < -0.4 is 9.47 Å². The Kier molecular flexibility index (Phi) is 8.14. The number of hydrogen-bond acceptors (Lipinski definition) is 5. The van der Waals surface area contributed by atoms with Gasteiger partial charge < -0.3 is 19.1 Å². The highest BCUT2D eigenvalue weighted by Gasteiger charge is 2.25. The summed E-state index contributed by atoms with van der Waals surface area (Å²) in [6.07, 6.45) is 3.36. The van der Waals surface area contributed by atoms with E-state index in [0.717, 1.165) is 61.6 Å². The first-order valence-corrected chi connectivity index (χ1v) is 14.4. The third-order valence-corrected chi connectivity index (χ3v) is 8.18. The number of pyridine rings is 1. The normalized spacial score (nSPS) is 15.5. The molecule has 212 valence electrons. The highest BCUT2D eigenvalue weighted by atomic mass is 19.1. The van der Waals surface area contributed by atoms with Gasteiger partial charge in [0.2, 0.25) is 5.91 Å². The van der Waals surface area contributed by atoms with Crippen molar-refractivity contribution in [2.24, 2.45) is 5.92 Å². The minimum atomic E-state index is -0.329. The Morgan fingerprint density at radius 3 is 2.66 bits per heavy atom. The van der Waals surface area contributed by atoms with Crippen LogP contribution in [0.1, 0.15) is 47.2 Å². The lowest BCUT2D eigenvalue weighted by Gasteiger charge is -2.31. The van der Waals surface area contributed by atoms with Crippen LogP contribution in [0.15, 0.2) is 66.7 Å². The van der Waals surface area contributed by atoms with Crippen LogP contribution in [0.3, 0.4) is 0 Å². The van der Waals surface area contributed by atoms with E-state index in [1.165, 1.54) is 23.3 Å². The van der Waals surface area contributed by atoms with Gasteiger partial charge in [0.25, 0.3) is 0 Å². The number of carbonyl (C=O) groups is 1. The Bertz CT molecular complexity index is 1540. The quantitative estimate of drug-likeness (QED) is 0.248. The molecule has 0 N–H and O–H groups in total. The molecular formula is C34H35FN2O4. The van der Waals surface area contributed by atoms with Crippen molar-refractivity contribution in [3.63, 3.8) is 0 Å². The fraction of sp³-hybridized carbons (Fsp3) is 0.353. The van der Waals surface area contributed by atoms with Crippen molar-refractivity contribution in [2.75, 3.05) is 19.8 Å². The molecule has 2 aliphatic rings. The smallest absolute Gasteiger partial charge is 0.223 e. The molecule has 0 atom stereocenters. The van der Waals surface area contributed by atoms with Crippen molar-refractivity contribution in [2.45, 2.75) is 52.4 Å². The lowest BCUT2D eigenvalue weighted by Crippen LogP contribution is -2.37. The van der Waals surface area contributed by atoms with Crippen molar-refractivity contribution in [3.05, 3.63) is 100 Å². The summed E-state index contributed by atoms with van der Waals surface area (Å²) in [6, 6.07) is 20.6.